The number of rotatable bonds is 2. The Morgan fingerprint density at radius 1 is 1.00 bits per heavy atom. The van der Waals surface area contributed by atoms with Crippen molar-refractivity contribution in [3.05, 3.63) is 17.8 Å². The van der Waals surface area contributed by atoms with Gasteiger partial charge in [-0.25, -0.2) is 0 Å². The number of nitrogens with two attached hydrogens (primary N) is 1. The van der Waals surface area contributed by atoms with Crippen LogP contribution in [0.5, 0.6) is 11.5 Å². The van der Waals surface area contributed by atoms with Crippen molar-refractivity contribution in [1.29, 1.82) is 0 Å². The number of nitrogen functional groups attached to an aromatic ring is 1. The second-order valence-corrected chi connectivity index (χ2v) is 3.68. The molecule has 0 saturated heterocycles. The summed E-state index contributed by atoms with van der Waals surface area (Å²) in [5.74, 6) is 0.319. The highest BCUT2D eigenvalue weighted by Gasteiger charge is 2.36. The predicted molar refractivity (Wildman–Crippen MR) is 62.1 cm³/mol. The van der Waals surface area contributed by atoms with Crippen LogP contribution in [-0.4, -0.2) is 24.4 Å². The summed E-state index contributed by atoms with van der Waals surface area (Å²) in [4.78, 5) is 0. The van der Waals surface area contributed by atoms with Gasteiger partial charge in [-0.3, -0.25) is 0 Å². The zero-order valence-corrected chi connectivity index (χ0v) is 10.1. The van der Waals surface area contributed by atoms with Gasteiger partial charge in [-0.15, -0.1) is 10.2 Å². The Labute approximate surface area is 106 Å². The summed E-state index contributed by atoms with van der Waals surface area (Å²) in [7, 11) is 2.70. The molecule has 0 aliphatic rings. The summed E-state index contributed by atoms with van der Waals surface area (Å²) in [6.45, 7) is 0. The summed E-state index contributed by atoms with van der Waals surface area (Å²) in [5, 5.41) is 6.36. The topological polar surface area (TPSA) is 70.3 Å². The Hall–Kier alpha value is -2.25. The summed E-state index contributed by atoms with van der Waals surface area (Å²) < 4.78 is 48.5. The number of aromatic nitrogens is 2. The average molecular weight is 273 g/mol. The SMILES string of the molecule is COc1cc2c(N)nnc(C(F)(F)F)c2cc1OC. The average Bonchev–Trinajstić information content (AvgIpc) is 2.36. The first-order valence-electron chi connectivity index (χ1n) is 5.13. The zero-order valence-electron chi connectivity index (χ0n) is 10.1. The molecule has 0 atom stereocenters. The van der Waals surface area contributed by atoms with Crippen molar-refractivity contribution in [2.45, 2.75) is 6.18 Å². The molecule has 0 bridgehead atoms. The van der Waals surface area contributed by atoms with E-state index >= 15 is 0 Å². The number of alkyl halides is 3. The highest BCUT2D eigenvalue weighted by Crippen LogP contribution is 2.39. The third-order valence-electron chi connectivity index (χ3n) is 2.58. The number of hydrogen-bond donors (Lipinski definition) is 1. The van der Waals surface area contributed by atoms with Crippen LogP contribution in [0.2, 0.25) is 0 Å². The fourth-order valence-corrected chi connectivity index (χ4v) is 1.71. The van der Waals surface area contributed by atoms with Crippen molar-refractivity contribution in [2.24, 2.45) is 0 Å². The van der Waals surface area contributed by atoms with Crippen LogP contribution in [0, 0.1) is 0 Å². The highest BCUT2D eigenvalue weighted by molar-refractivity contribution is 5.95. The minimum absolute atomic E-state index is 0.107. The Kier molecular flexibility index (Phi) is 3.09. The fraction of sp³-hybridized carbons (Fsp3) is 0.273. The molecule has 0 spiro atoms. The van der Waals surface area contributed by atoms with Gasteiger partial charge in [-0.2, -0.15) is 13.2 Å². The van der Waals surface area contributed by atoms with E-state index in [1.54, 1.807) is 0 Å². The monoisotopic (exact) mass is 273 g/mol. The maximum absolute atomic E-state index is 12.9. The third kappa shape index (κ3) is 2.20. The van der Waals surface area contributed by atoms with Crippen molar-refractivity contribution in [1.82, 2.24) is 10.2 Å². The van der Waals surface area contributed by atoms with Crippen LogP contribution in [-0.2, 0) is 6.18 Å². The molecule has 0 aliphatic carbocycles. The van der Waals surface area contributed by atoms with E-state index in [0.717, 1.165) is 0 Å². The number of ether oxygens (including phenoxy) is 2. The van der Waals surface area contributed by atoms with Gasteiger partial charge in [0.05, 0.1) is 14.2 Å². The van der Waals surface area contributed by atoms with E-state index < -0.39 is 11.9 Å². The van der Waals surface area contributed by atoms with Crippen molar-refractivity contribution in [3.8, 4) is 11.5 Å². The largest absolute Gasteiger partial charge is 0.493 e. The summed E-state index contributed by atoms with van der Waals surface area (Å²) in [6, 6.07) is 2.52. The number of hydrogen-bond acceptors (Lipinski definition) is 5. The second-order valence-electron chi connectivity index (χ2n) is 3.68. The first kappa shape index (κ1) is 13.2. The lowest BCUT2D eigenvalue weighted by atomic mass is 10.1. The molecule has 2 N–H and O–H groups in total. The zero-order chi connectivity index (χ0) is 14.2. The van der Waals surface area contributed by atoms with E-state index in [-0.39, 0.29) is 28.1 Å². The molecule has 0 fully saturated rings. The molecule has 2 rings (SSSR count). The van der Waals surface area contributed by atoms with E-state index in [9.17, 15) is 13.2 Å². The molecule has 0 aliphatic heterocycles. The summed E-state index contributed by atoms with van der Waals surface area (Å²) in [5.41, 5.74) is 4.43. The van der Waals surface area contributed by atoms with Crippen molar-refractivity contribution >= 4 is 16.6 Å². The van der Waals surface area contributed by atoms with Crippen LogP contribution in [0.15, 0.2) is 12.1 Å². The number of halogens is 3. The quantitative estimate of drug-likeness (QED) is 0.908. The van der Waals surface area contributed by atoms with Crippen LogP contribution in [0.25, 0.3) is 10.8 Å². The van der Waals surface area contributed by atoms with Gasteiger partial charge in [0.2, 0.25) is 0 Å². The van der Waals surface area contributed by atoms with Gasteiger partial charge in [0, 0.05) is 10.8 Å². The molecule has 1 heterocycles. The number of nitrogens with zero attached hydrogens (tertiary/aromatic N) is 2. The van der Waals surface area contributed by atoms with Crippen LogP contribution in [0.3, 0.4) is 0 Å². The molecule has 0 saturated carbocycles. The molecular formula is C11H10F3N3O2. The molecular weight excluding hydrogens is 263 g/mol. The standard InChI is InChI=1S/C11H10F3N3O2/c1-18-7-3-5-6(4-8(7)19-2)10(15)17-16-9(5)11(12,13)14/h3-4H,1-2H3,(H2,15,17). The van der Waals surface area contributed by atoms with Gasteiger partial charge in [-0.05, 0) is 12.1 Å². The minimum atomic E-state index is -4.63. The molecule has 0 unspecified atom stereocenters. The van der Waals surface area contributed by atoms with Crippen molar-refractivity contribution < 1.29 is 22.6 Å². The van der Waals surface area contributed by atoms with Gasteiger partial charge in [0.15, 0.2) is 23.0 Å². The normalized spacial score (nSPS) is 11.6. The van der Waals surface area contributed by atoms with Crippen molar-refractivity contribution in [3.63, 3.8) is 0 Å². The van der Waals surface area contributed by atoms with Gasteiger partial charge < -0.3 is 15.2 Å². The Bertz CT molecular complexity index is 629. The van der Waals surface area contributed by atoms with E-state index in [0.29, 0.717) is 0 Å². The van der Waals surface area contributed by atoms with E-state index in [2.05, 4.69) is 10.2 Å². The first-order chi connectivity index (χ1) is 8.88. The summed E-state index contributed by atoms with van der Waals surface area (Å²) >= 11 is 0. The number of anilines is 1. The highest BCUT2D eigenvalue weighted by atomic mass is 19.4. The fourth-order valence-electron chi connectivity index (χ4n) is 1.71. The lowest BCUT2D eigenvalue weighted by Crippen LogP contribution is -2.11. The lowest BCUT2D eigenvalue weighted by Gasteiger charge is -2.13. The summed E-state index contributed by atoms with van der Waals surface area (Å²) in [6.07, 6.45) is -4.63. The van der Waals surface area contributed by atoms with E-state index in [1.165, 1.54) is 26.4 Å². The van der Waals surface area contributed by atoms with Gasteiger partial charge in [0.1, 0.15) is 0 Å². The number of fused-ring (bicyclic) bond motifs is 1. The van der Waals surface area contributed by atoms with Crippen LogP contribution >= 0.6 is 0 Å². The van der Waals surface area contributed by atoms with Crippen LogP contribution in [0.1, 0.15) is 5.69 Å². The number of methoxy groups -OCH3 is 2. The van der Waals surface area contributed by atoms with E-state index in [4.69, 9.17) is 15.2 Å². The molecule has 0 radical (unpaired) electrons. The van der Waals surface area contributed by atoms with Gasteiger partial charge >= 0.3 is 6.18 Å². The molecule has 5 nitrogen and oxygen atoms in total. The molecule has 102 valence electrons. The van der Waals surface area contributed by atoms with Crippen LogP contribution < -0.4 is 15.2 Å². The molecule has 8 heteroatoms. The molecule has 19 heavy (non-hydrogen) atoms. The number of benzene rings is 1. The van der Waals surface area contributed by atoms with Crippen LogP contribution in [0.4, 0.5) is 19.0 Å². The lowest BCUT2D eigenvalue weighted by molar-refractivity contribution is -0.140. The third-order valence-corrected chi connectivity index (χ3v) is 2.58. The first-order valence-corrected chi connectivity index (χ1v) is 5.13. The van der Waals surface area contributed by atoms with Crippen molar-refractivity contribution in [2.75, 3.05) is 20.0 Å². The maximum Gasteiger partial charge on any atom is 0.435 e. The maximum atomic E-state index is 12.9. The predicted octanol–water partition coefficient (Wildman–Crippen LogP) is 2.25. The molecule has 0 amide bonds. The minimum Gasteiger partial charge on any atom is -0.493 e. The second kappa shape index (κ2) is 4.45. The molecule has 2 aromatic rings. The van der Waals surface area contributed by atoms with E-state index in [1.807, 2.05) is 0 Å². The Balaban J connectivity index is 2.85. The smallest absolute Gasteiger partial charge is 0.435 e. The molecule has 1 aromatic carbocycles. The Morgan fingerprint density at radius 2 is 1.53 bits per heavy atom. The Morgan fingerprint density at radius 3 is 2.00 bits per heavy atom. The van der Waals surface area contributed by atoms with Gasteiger partial charge in [-0.1, -0.05) is 0 Å². The van der Waals surface area contributed by atoms with Gasteiger partial charge in [0.25, 0.3) is 0 Å². The molecule has 1 aromatic heterocycles.